The van der Waals surface area contributed by atoms with Crippen LogP contribution in [0.15, 0.2) is 0 Å². The van der Waals surface area contributed by atoms with Crippen molar-refractivity contribution >= 4 is 5.97 Å². The molecule has 0 aromatic rings. The molecule has 0 spiro atoms. The highest BCUT2D eigenvalue weighted by atomic mass is 16.6. The van der Waals surface area contributed by atoms with Gasteiger partial charge in [-0.2, -0.15) is 0 Å². The summed E-state index contributed by atoms with van der Waals surface area (Å²) in [5, 5.41) is 0. The van der Waals surface area contributed by atoms with Gasteiger partial charge >= 0.3 is 5.97 Å². The van der Waals surface area contributed by atoms with Gasteiger partial charge < -0.3 is 10.5 Å². The SMILES string of the molecule is CC(C)(C)OC(=O)C12CC1CCC2N. The van der Waals surface area contributed by atoms with Gasteiger partial charge in [-0.1, -0.05) is 0 Å². The molecule has 0 aliphatic heterocycles. The van der Waals surface area contributed by atoms with Crippen molar-refractivity contribution in [2.45, 2.75) is 51.7 Å². The summed E-state index contributed by atoms with van der Waals surface area (Å²) >= 11 is 0. The van der Waals surface area contributed by atoms with Crippen molar-refractivity contribution in [1.29, 1.82) is 0 Å². The van der Waals surface area contributed by atoms with E-state index in [9.17, 15) is 4.79 Å². The molecule has 2 aliphatic carbocycles. The van der Waals surface area contributed by atoms with Gasteiger partial charge in [0, 0.05) is 6.04 Å². The van der Waals surface area contributed by atoms with Gasteiger partial charge in [0.15, 0.2) is 0 Å². The van der Waals surface area contributed by atoms with Gasteiger partial charge in [-0.3, -0.25) is 4.79 Å². The third-order valence-corrected chi connectivity index (χ3v) is 3.42. The topological polar surface area (TPSA) is 52.3 Å². The molecule has 0 aromatic carbocycles. The van der Waals surface area contributed by atoms with Crippen LogP contribution in [-0.4, -0.2) is 17.6 Å². The predicted molar refractivity (Wildman–Crippen MR) is 53.6 cm³/mol. The monoisotopic (exact) mass is 197 g/mol. The average Bonchev–Trinajstić information content (AvgIpc) is 2.65. The van der Waals surface area contributed by atoms with E-state index in [2.05, 4.69) is 0 Å². The van der Waals surface area contributed by atoms with Gasteiger partial charge in [-0.15, -0.1) is 0 Å². The summed E-state index contributed by atoms with van der Waals surface area (Å²) in [6.07, 6.45) is 3.02. The molecule has 0 heterocycles. The summed E-state index contributed by atoms with van der Waals surface area (Å²) in [6.45, 7) is 5.71. The second-order valence-corrected chi connectivity index (χ2v) is 5.63. The van der Waals surface area contributed by atoms with Crippen molar-refractivity contribution in [2.24, 2.45) is 17.1 Å². The minimum absolute atomic E-state index is 0.0300. The van der Waals surface area contributed by atoms with Crippen LogP contribution >= 0.6 is 0 Å². The Morgan fingerprint density at radius 3 is 2.43 bits per heavy atom. The van der Waals surface area contributed by atoms with Crippen LogP contribution in [0.4, 0.5) is 0 Å². The molecule has 3 unspecified atom stereocenters. The molecule has 0 radical (unpaired) electrons. The number of nitrogens with two attached hydrogens (primary N) is 1. The zero-order chi connectivity index (χ0) is 10.6. The normalized spacial score (nSPS) is 40.6. The van der Waals surface area contributed by atoms with Crippen molar-refractivity contribution in [3.8, 4) is 0 Å². The van der Waals surface area contributed by atoms with E-state index in [4.69, 9.17) is 10.5 Å². The first kappa shape index (κ1) is 9.97. The number of esters is 1. The first-order valence-electron chi connectivity index (χ1n) is 5.35. The lowest BCUT2D eigenvalue weighted by Gasteiger charge is -2.25. The highest BCUT2D eigenvalue weighted by Gasteiger charge is 2.68. The number of carbonyl (C=O) groups is 1. The van der Waals surface area contributed by atoms with E-state index >= 15 is 0 Å². The fraction of sp³-hybridized carbons (Fsp3) is 0.909. The van der Waals surface area contributed by atoms with Crippen molar-refractivity contribution in [2.75, 3.05) is 0 Å². The zero-order valence-corrected chi connectivity index (χ0v) is 9.17. The zero-order valence-electron chi connectivity index (χ0n) is 9.17. The summed E-state index contributed by atoms with van der Waals surface area (Å²) in [6, 6.07) is 0.0300. The van der Waals surface area contributed by atoms with E-state index in [1.165, 1.54) is 0 Å². The quantitative estimate of drug-likeness (QED) is 0.647. The summed E-state index contributed by atoms with van der Waals surface area (Å²) in [5.74, 6) is 0.437. The van der Waals surface area contributed by atoms with Crippen LogP contribution < -0.4 is 5.73 Å². The van der Waals surface area contributed by atoms with Gasteiger partial charge in [-0.05, 0) is 46.0 Å². The van der Waals surface area contributed by atoms with Crippen LogP contribution in [0, 0.1) is 11.3 Å². The molecule has 0 bridgehead atoms. The lowest BCUT2D eigenvalue weighted by Crippen LogP contribution is -2.39. The number of hydrogen-bond donors (Lipinski definition) is 1. The summed E-state index contributed by atoms with van der Waals surface area (Å²) in [5.41, 5.74) is 5.29. The Hall–Kier alpha value is -0.570. The maximum absolute atomic E-state index is 11.9. The number of carbonyl (C=O) groups excluding carboxylic acids is 1. The van der Waals surface area contributed by atoms with Crippen LogP contribution in [0.3, 0.4) is 0 Å². The van der Waals surface area contributed by atoms with Gasteiger partial charge in [-0.25, -0.2) is 0 Å². The Kier molecular flexibility index (Phi) is 1.94. The van der Waals surface area contributed by atoms with E-state index in [-0.39, 0.29) is 23.0 Å². The first-order chi connectivity index (χ1) is 6.36. The van der Waals surface area contributed by atoms with Gasteiger partial charge in [0.05, 0.1) is 5.41 Å². The van der Waals surface area contributed by atoms with E-state index in [1.807, 2.05) is 20.8 Å². The molecule has 2 fully saturated rings. The maximum Gasteiger partial charge on any atom is 0.314 e. The van der Waals surface area contributed by atoms with Gasteiger partial charge in [0.1, 0.15) is 5.60 Å². The Morgan fingerprint density at radius 1 is 1.43 bits per heavy atom. The van der Waals surface area contributed by atoms with Crippen molar-refractivity contribution in [1.82, 2.24) is 0 Å². The molecule has 2 N–H and O–H groups in total. The molecule has 3 atom stereocenters. The number of fused-ring (bicyclic) bond motifs is 1. The number of rotatable bonds is 1. The minimum atomic E-state index is -0.388. The molecule has 2 rings (SSSR count). The van der Waals surface area contributed by atoms with E-state index in [0.29, 0.717) is 5.92 Å². The molecule has 2 saturated carbocycles. The summed E-state index contributed by atoms with van der Waals surface area (Å²) < 4.78 is 5.42. The molecular formula is C11H19NO2. The Morgan fingerprint density at radius 2 is 2.07 bits per heavy atom. The largest absolute Gasteiger partial charge is 0.459 e. The van der Waals surface area contributed by atoms with Crippen LogP contribution in [-0.2, 0) is 9.53 Å². The molecule has 80 valence electrons. The lowest BCUT2D eigenvalue weighted by atomic mass is 9.98. The fourth-order valence-corrected chi connectivity index (χ4v) is 2.58. The third-order valence-electron chi connectivity index (χ3n) is 3.42. The highest BCUT2D eigenvalue weighted by Crippen LogP contribution is 2.63. The standard InChI is InChI=1S/C11H19NO2/c1-10(2,3)14-9(13)11-6-7(11)4-5-8(11)12/h7-8H,4-6,12H2,1-3H3. The maximum atomic E-state index is 11.9. The Bertz CT molecular complexity index is 269. The van der Waals surface area contributed by atoms with E-state index in [0.717, 1.165) is 19.3 Å². The molecule has 0 aromatic heterocycles. The molecule has 0 amide bonds. The van der Waals surface area contributed by atoms with Crippen LogP contribution in [0.1, 0.15) is 40.0 Å². The van der Waals surface area contributed by atoms with Gasteiger partial charge in [0.2, 0.25) is 0 Å². The second-order valence-electron chi connectivity index (χ2n) is 5.63. The second kappa shape index (κ2) is 2.72. The molecular weight excluding hydrogens is 178 g/mol. The third kappa shape index (κ3) is 1.34. The molecule has 14 heavy (non-hydrogen) atoms. The summed E-state index contributed by atoms with van der Waals surface area (Å²) in [7, 11) is 0. The smallest absolute Gasteiger partial charge is 0.314 e. The van der Waals surface area contributed by atoms with Crippen LogP contribution in [0.2, 0.25) is 0 Å². The highest BCUT2D eigenvalue weighted by molar-refractivity contribution is 5.82. The lowest BCUT2D eigenvalue weighted by molar-refractivity contribution is -0.162. The van der Waals surface area contributed by atoms with Crippen LogP contribution in [0.5, 0.6) is 0 Å². The van der Waals surface area contributed by atoms with Gasteiger partial charge in [0.25, 0.3) is 0 Å². The van der Waals surface area contributed by atoms with Crippen molar-refractivity contribution in [3.05, 3.63) is 0 Å². The Labute approximate surface area is 85.0 Å². The van der Waals surface area contributed by atoms with Crippen molar-refractivity contribution < 1.29 is 9.53 Å². The van der Waals surface area contributed by atoms with Crippen LogP contribution in [0.25, 0.3) is 0 Å². The minimum Gasteiger partial charge on any atom is -0.459 e. The molecule has 3 nitrogen and oxygen atoms in total. The van der Waals surface area contributed by atoms with E-state index < -0.39 is 0 Å². The average molecular weight is 197 g/mol. The fourth-order valence-electron chi connectivity index (χ4n) is 2.58. The molecule has 2 aliphatic rings. The Balaban J connectivity index is 2.06. The van der Waals surface area contributed by atoms with Crippen molar-refractivity contribution in [3.63, 3.8) is 0 Å². The number of hydrogen-bond acceptors (Lipinski definition) is 3. The summed E-state index contributed by atoms with van der Waals surface area (Å²) in [4.78, 5) is 11.9. The number of ether oxygens (including phenoxy) is 1. The first-order valence-corrected chi connectivity index (χ1v) is 5.35. The predicted octanol–water partition coefficient (Wildman–Crippen LogP) is 1.46. The van der Waals surface area contributed by atoms with E-state index in [1.54, 1.807) is 0 Å². The molecule has 3 heteroatoms. The molecule has 0 saturated heterocycles.